The summed E-state index contributed by atoms with van der Waals surface area (Å²) in [4.78, 5) is 33.0. The SMILES string of the molecule is C[C@H](CO)N1C[C@H](C)[C@H](CN(C)Cc2ccc3c(c2)OCO3)OCCCC[C@H](C)Oc2ccc(NC(=O)CCCN(C)C)cc2C1=O. The number of ether oxygens (including phenoxy) is 4. The number of likely N-dealkylation sites (N-methyl/N-ethyl adjacent to an activating group) is 1. The van der Waals surface area contributed by atoms with Crippen molar-refractivity contribution < 1.29 is 33.6 Å². The fourth-order valence-electron chi connectivity index (χ4n) is 5.96. The number of benzene rings is 2. The van der Waals surface area contributed by atoms with E-state index in [1.165, 1.54) is 0 Å². The van der Waals surface area contributed by atoms with E-state index in [4.69, 9.17) is 18.9 Å². The summed E-state index contributed by atoms with van der Waals surface area (Å²) in [5.41, 5.74) is 2.02. The van der Waals surface area contributed by atoms with Crippen molar-refractivity contribution in [3.05, 3.63) is 47.5 Å². The number of aliphatic hydroxyl groups is 1. The molecule has 0 spiro atoms. The number of anilines is 1. The lowest BCUT2D eigenvalue weighted by Crippen LogP contribution is -2.47. The van der Waals surface area contributed by atoms with Gasteiger partial charge in [0.15, 0.2) is 11.5 Å². The van der Waals surface area contributed by atoms with Crippen molar-refractivity contribution in [3.8, 4) is 17.2 Å². The highest BCUT2D eigenvalue weighted by atomic mass is 16.7. The third kappa shape index (κ3) is 10.8. The molecule has 0 aromatic heterocycles. The zero-order chi connectivity index (χ0) is 33.9. The third-order valence-electron chi connectivity index (χ3n) is 8.73. The first-order valence-electron chi connectivity index (χ1n) is 16.9. The second kappa shape index (κ2) is 17.7. The largest absolute Gasteiger partial charge is 0.490 e. The molecular formula is C36H54N4O7. The first-order chi connectivity index (χ1) is 22.5. The van der Waals surface area contributed by atoms with Crippen LogP contribution in [0.4, 0.5) is 5.69 Å². The molecule has 2 aromatic carbocycles. The molecule has 11 nitrogen and oxygen atoms in total. The molecule has 2 N–H and O–H groups in total. The Labute approximate surface area is 280 Å². The van der Waals surface area contributed by atoms with Crippen LogP contribution < -0.4 is 19.5 Å². The van der Waals surface area contributed by atoms with Gasteiger partial charge in [-0.15, -0.1) is 0 Å². The zero-order valence-corrected chi connectivity index (χ0v) is 29.0. The van der Waals surface area contributed by atoms with Crippen LogP contribution in [0, 0.1) is 5.92 Å². The molecule has 4 atom stereocenters. The van der Waals surface area contributed by atoms with Crippen LogP contribution in [0.15, 0.2) is 36.4 Å². The van der Waals surface area contributed by atoms with E-state index < -0.39 is 6.04 Å². The van der Waals surface area contributed by atoms with E-state index in [0.717, 1.165) is 49.3 Å². The molecule has 0 saturated carbocycles. The number of amides is 2. The molecule has 11 heteroatoms. The Kier molecular flexibility index (Phi) is 13.7. The monoisotopic (exact) mass is 654 g/mol. The highest BCUT2D eigenvalue weighted by Crippen LogP contribution is 2.33. The molecule has 0 aliphatic carbocycles. The van der Waals surface area contributed by atoms with Crippen LogP contribution in [0.1, 0.15) is 68.8 Å². The summed E-state index contributed by atoms with van der Waals surface area (Å²) in [5.74, 6) is 1.60. The molecule has 2 heterocycles. The maximum atomic E-state index is 14.4. The Morgan fingerprint density at radius 1 is 1.06 bits per heavy atom. The molecule has 0 unspecified atom stereocenters. The average molecular weight is 655 g/mol. The van der Waals surface area contributed by atoms with E-state index in [1.807, 2.05) is 51.0 Å². The minimum absolute atomic E-state index is 0.0435. The first kappa shape index (κ1) is 36.5. The molecule has 2 aromatic rings. The Hall–Kier alpha value is -3.38. The number of hydrogen-bond acceptors (Lipinski definition) is 9. The van der Waals surface area contributed by atoms with Gasteiger partial charge in [-0.25, -0.2) is 0 Å². The van der Waals surface area contributed by atoms with E-state index in [-0.39, 0.29) is 43.3 Å². The van der Waals surface area contributed by atoms with Crippen molar-refractivity contribution in [3.63, 3.8) is 0 Å². The van der Waals surface area contributed by atoms with Gasteiger partial charge in [0.1, 0.15) is 5.75 Å². The van der Waals surface area contributed by atoms with Crippen molar-refractivity contribution >= 4 is 17.5 Å². The summed E-state index contributed by atoms with van der Waals surface area (Å²) < 4.78 is 23.9. The molecule has 0 radical (unpaired) electrons. The third-order valence-corrected chi connectivity index (χ3v) is 8.73. The van der Waals surface area contributed by atoms with Crippen molar-refractivity contribution in [2.45, 2.75) is 77.7 Å². The Bertz CT molecular complexity index is 1320. The standard InChI is InChI=1S/C36H54N4O7/c1-25-20-40(26(2)23-41)36(43)30-19-29(37-35(42)11-9-16-38(4)5)13-15-31(30)47-27(3)10-7-8-17-44-34(25)22-39(6)21-28-12-14-32-33(18-28)46-24-45-32/h12-15,18-19,25-27,34,41H,7-11,16-17,20-24H2,1-6H3,(H,37,42)/t25-,26+,27-,34-/m0/s1. The molecule has 47 heavy (non-hydrogen) atoms. The maximum Gasteiger partial charge on any atom is 0.258 e. The number of hydrogen-bond donors (Lipinski definition) is 2. The van der Waals surface area contributed by atoms with Gasteiger partial charge in [-0.05, 0) is 103 Å². The summed E-state index contributed by atoms with van der Waals surface area (Å²) >= 11 is 0. The molecule has 0 bridgehead atoms. The summed E-state index contributed by atoms with van der Waals surface area (Å²) in [6.07, 6.45) is 3.46. The van der Waals surface area contributed by atoms with Crippen LogP contribution in [0.5, 0.6) is 17.2 Å². The number of nitrogens with one attached hydrogen (secondary N) is 1. The molecule has 2 amide bonds. The topological polar surface area (TPSA) is 113 Å². The lowest BCUT2D eigenvalue weighted by molar-refractivity contribution is -0.116. The normalized spacial score (nSPS) is 21.3. The van der Waals surface area contributed by atoms with Crippen molar-refractivity contribution in [1.29, 1.82) is 0 Å². The molecule has 2 aliphatic heterocycles. The lowest BCUT2D eigenvalue weighted by Gasteiger charge is -2.36. The summed E-state index contributed by atoms with van der Waals surface area (Å²) in [6, 6.07) is 10.8. The van der Waals surface area contributed by atoms with Crippen LogP contribution in [-0.2, 0) is 16.1 Å². The van der Waals surface area contributed by atoms with Gasteiger partial charge in [-0.3, -0.25) is 14.5 Å². The van der Waals surface area contributed by atoms with Gasteiger partial charge in [-0.1, -0.05) is 13.0 Å². The average Bonchev–Trinajstić information content (AvgIpc) is 3.50. The van der Waals surface area contributed by atoms with E-state index in [9.17, 15) is 14.7 Å². The van der Waals surface area contributed by atoms with Crippen LogP contribution in [-0.4, -0.2) is 111 Å². The van der Waals surface area contributed by atoms with Crippen molar-refractivity contribution in [2.24, 2.45) is 5.92 Å². The van der Waals surface area contributed by atoms with E-state index in [2.05, 4.69) is 24.2 Å². The molecule has 0 saturated heterocycles. The number of fused-ring (bicyclic) bond motifs is 2. The fraction of sp³-hybridized carbons (Fsp3) is 0.611. The quantitative estimate of drug-likeness (QED) is 0.358. The van der Waals surface area contributed by atoms with Crippen LogP contribution in [0.3, 0.4) is 0 Å². The highest BCUT2D eigenvalue weighted by Gasteiger charge is 2.30. The highest BCUT2D eigenvalue weighted by molar-refractivity contribution is 5.99. The molecule has 260 valence electrons. The maximum absolute atomic E-state index is 14.4. The molecular weight excluding hydrogens is 600 g/mol. The summed E-state index contributed by atoms with van der Waals surface area (Å²) in [5, 5.41) is 13.2. The van der Waals surface area contributed by atoms with Crippen LogP contribution >= 0.6 is 0 Å². The van der Waals surface area contributed by atoms with Gasteiger partial charge in [0.05, 0.1) is 30.4 Å². The van der Waals surface area contributed by atoms with Gasteiger partial charge in [0.2, 0.25) is 12.7 Å². The van der Waals surface area contributed by atoms with Crippen LogP contribution in [0.2, 0.25) is 0 Å². The molecule has 0 fully saturated rings. The van der Waals surface area contributed by atoms with E-state index in [1.54, 1.807) is 23.1 Å². The Balaban J connectivity index is 1.54. The van der Waals surface area contributed by atoms with Crippen molar-refractivity contribution in [1.82, 2.24) is 14.7 Å². The molecule has 2 aliphatic rings. The van der Waals surface area contributed by atoms with Crippen molar-refractivity contribution in [2.75, 3.05) is 66.1 Å². The number of aliphatic hydroxyl groups excluding tert-OH is 1. The summed E-state index contributed by atoms with van der Waals surface area (Å²) in [7, 11) is 6.02. The van der Waals surface area contributed by atoms with Gasteiger partial charge < -0.3 is 39.2 Å². The second-order valence-corrected chi connectivity index (χ2v) is 13.4. The minimum Gasteiger partial charge on any atom is -0.490 e. The predicted octanol–water partition coefficient (Wildman–Crippen LogP) is 4.62. The van der Waals surface area contributed by atoms with Gasteiger partial charge in [0, 0.05) is 44.3 Å². The number of nitrogens with zero attached hydrogens (tertiary/aromatic N) is 3. The van der Waals surface area contributed by atoms with Gasteiger partial charge in [0.25, 0.3) is 5.91 Å². The minimum atomic E-state index is -0.445. The van der Waals surface area contributed by atoms with Crippen LogP contribution in [0.25, 0.3) is 0 Å². The smallest absolute Gasteiger partial charge is 0.258 e. The Morgan fingerprint density at radius 2 is 1.83 bits per heavy atom. The Morgan fingerprint density at radius 3 is 2.60 bits per heavy atom. The van der Waals surface area contributed by atoms with E-state index >= 15 is 0 Å². The van der Waals surface area contributed by atoms with E-state index in [0.29, 0.717) is 49.7 Å². The fourth-order valence-corrected chi connectivity index (χ4v) is 5.96. The lowest BCUT2D eigenvalue weighted by atomic mass is 10.0. The predicted molar refractivity (Wildman–Crippen MR) is 182 cm³/mol. The molecule has 4 rings (SSSR count). The number of carbonyl (C=O) groups excluding carboxylic acids is 2. The second-order valence-electron chi connectivity index (χ2n) is 13.4. The number of rotatable bonds is 11. The number of carbonyl (C=O) groups is 2. The van der Waals surface area contributed by atoms with Gasteiger partial charge in [-0.2, -0.15) is 0 Å². The first-order valence-corrected chi connectivity index (χ1v) is 16.9. The van der Waals surface area contributed by atoms with Gasteiger partial charge >= 0.3 is 0 Å². The summed E-state index contributed by atoms with van der Waals surface area (Å²) in [6.45, 7) is 9.15. The zero-order valence-electron chi connectivity index (χ0n) is 29.0.